The Morgan fingerprint density at radius 2 is 1.77 bits per heavy atom. The van der Waals surface area contributed by atoms with Gasteiger partial charge in [0.05, 0.1) is 6.42 Å². The lowest BCUT2D eigenvalue weighted by Gasteiger charge is -2.26. The molecule has 1 heterocycles. The van der Waals surface area contributed by atoms with Gasteiger partial charge < -0.3 is 10.3 Å². The molecule has 134 valence electrons. The number of fused-ring (bicyclic) bond motifs is 1. The van der Waals surface area contributed by atoms with Crippen molar-refractivity contribution in [3.8, 4) is 0 Å². The molecule has 0 aliphatic carbocycles. The fourth-order valence-corrected chi connectivity index (χ4v) is 3.23. The molecule has 3 aromatic rings. The van der Waals surface area contributed by atoms with Crippen molar-refractivity contribution in [2.75, 3.05) is 0 Å². The number of hydrogen-bond donors (Lipinski definition) is 2. The van der Waals surface area contributed by atoms with Gasteiger partial charge in [0.1, 0.15) is 0 Å². The first-order chi connectivity index (χ1) is 12.3. The molecule has 1 amide bonds. The summed E-state index contributed by atoms with van der Waals surface area (Å²) in [5.41, 5.74) is 3.18. The number of carbonyl (C=O) groups is 1. The van der Waals surface area contributed by atoms with Crippen LogP contribution in [-0.2, 0) is 17.6 Å². The molecule has 0 atom stereocenters. The van der Waals surface area contributed by atoms with Crippen molar-refractivity contribution >= 4 is 16.8 Å². The van der Waals surface area contributed by atoms with E-state index in [1.807, 2.05) is 56.3 Å². The van der Waals surface area contributed by atoms with E-state index in [9.17, 15) is 9.59 Å². The molecule has 0 radical (unpaired) electrons. The van der Waals surface area contributed by atoms with Gasteiger partial charge in [0.2, 0.25) is 5.91 Å². The summed E-state index contributed by atoms with van der Waals surface area (Å²) in [5, 5.41) is 4.07. The average Bonchev–Trinajstić information content (AvgIpc) is 2.56. The second-order valence-corrected chi connectivity index (χ2v) is 7.47. The predicted molar refractivity (Wildman–Crippen MR) is 105 cm³/mol. The molecular formula is C22H24N2O2. The van der Waals surface area contributed by atoms with Crippen LogP contribution < -0.4 is 10.9 Å². The van der Waals surface area contributed by atoms with Gasteiger partial charge in [-0.25, -0.2) is 0 Å². The molecule has 3 rings (SSSR count). The number of nitrogens with one attached hydrogen (secondary N) is 2. The average molecular weight is 348 g/mol. The highest BCUT2D eigenvalue weighted by Gasteiger charge is 2.21. The Kier molecular flexibility index (Phi) is 4.94. The van der Waals surface area contributed by atoms with E-state index in [1.54, 1.807) is 6.92 Å². The second kappa shape index (κ2) is 7.16. The summed E-state index contributed by atoms with van der Waals surface area (Å²) < 4.78 is 0. The van der Waals surface area contributed by atoms with Crippen LogP contribution in [0.15, 0.2) is 59.4 Å². The smallest absolute Gasteiger partial charge is 0.251 e. The summed E-state index contributed by atoms with van der Waals surface area (Å²) in [4.78, 5) is 27.0. The van der Waals surface area contributed by atoms with E-state index in [0.29, 0.717) is 12.0 Å². The largest absolute Gasteiger partial charge is 0.351 e. The number of aryl methyl sites for hydroxylation is 1. The zero-order valence-corrected chi connectivity index (χ0v) is 15.4. The molecule has 0 saturated heterocycles. The van der Waals surface area contributed by atoms with Crippen molar-refractivity contribution in [1.29, 1.82) is 0 Å². The third-order valence-corrected chi connectivity index (χ3v) is 4.43. The zero-order chi connectivity index (χ0) is 18.7. The Labute approximate surface area is 153 Å². The van der Waals surface area contributed by atoms with E-state index in [1.165, 1.54) is 5.56 Å². The van der Waals surface area contributed by atoms with Gasteiger partial charge in [-0.3, -0.25) is 9.59 Å². The molecule has 0 aliphatic heterocycles. The number of rotatable bonds is 5. The van der Waals surface area contributed by atoms with Crippen LogP contribution in [0.2, 0.25) is 0 Å². The quantitative estimate of drug-likeness (QED) is 0.741. The minimum Gasteiger partial charge on any atom is -0.351 e. The van der Waals surface area contributed by atoms with Gasteiger partial charge in [-0.1, -0.05) is 36.4 Å². The standard InChI is InChI=1S/C22H24N2O2/c1-15-11-18-12-17(9-10-19(18)23-21(15)26)13-20(25)24-22(2,3)14-16-7-5-4-6-8-16/h4-12H,13-14H2,1-3H3,(H,23,26)(H,24,25). The third kappa shape index (κ3) is 4.39. The minimum absolute atomic E-state index is 0.00794. The van der Waals surface area contributed by atoms with Crippen LogP contribution >= 0.6 is 0 Å². The maximum absolute atomic E-state index is 12.5. The Bertz CT molecular complexity index is 988. The number of hydrogen-bond acceptors (Lipinski definition) is 2. The maximum Gasteiger partial charge on any atom is 0.251 e. The number of amides is 1. The van der Waals surface area contributed by atoms with Crippen LogP contribution in [0.25, 0.3) is 10.9 Å². The van der Waals surface area contributed by atoms with Crippen molar-refractivity contribution in [3.63, 3.8) is 0 Å². The summed E-state index contributed by atoms with van der Waals surface area (Å²) in [6, 6.07) is 17.7. The van der Waals surface area contributed by atoms with Crippen LogP contribution in [0.1, 0.15) is 30.5 Å². The van der Waals surface area contributed by atoms with Gasteiger partial charge in [-0.05, 0) is 61.9 Å². The maximum atomic E-state index is 12.5. The fraction of sp³-hybridized carbons (Fsp3) is 0.273. The summed E-state index contributed by atoms with van der Waals surface area (Å²) in [5.74, 6) is -0.00794. The molecule has 0 spiro atoms. The summed E-state index contributed by atoms with van der Waals surface area (Å²) in [6.07, 6.45) is 1.09. The number of aromatic nitrogens is 1. The normalized spacial score (nSPS) is 11.5. The fourth-order valence-electron chi connectivity index (χ4n) is 3.23. The van der Waals surface area contributed by atoms with Gasteiger partial charge in [0.25, 0.3) is 5.56 Å². The lowest BCUT2D eigenvalue weighted by atomic mass is 9.94. The van der Waals surface area contributed by atoms with Crippen molar-refractivity contribution in [3.05, 3.63) is 81.6 Å². The highest BCUT2D eigenvalue weighted by Crippen LogP contribution is 2.16. The Morgan fingerprint density at radius 1 is 1.04 bits per heavy atom. The topological polar surface area (TPSA) is 62.0 Å². The van der Waals surface area contributed by atoms with Gasteiger partial charge in [-0.2, -0.15) is 0 Å². The van der Waals surface area contributed by atoms with Crippen LogP contribution in [0.3, 0.4) is 0 Å². The first kappa shape index (κ1) is 17.9. The first-order valence-corrected chi connectivity index (χ1v) is 8.80. The highest BCUT2D eigenvalue weighted by molar-refractivity contribution is 5.83. The molecule has 26 heavy (non-hydrogen) atoms. The van der Waals surface area contributed by atoms with Crippen molar-refractivity contribution in [2.45, 2.75) is 39.2 Å². The van der Waals surface area contributed by atoms with E-state index in [-0.39, 0.29) is 17.0 Å². The number of benzene rings is 2. The summed E-state index contributed by atoms with van der Waals surface area (Å²) in [6.45, 7) is 5.85. The zero-order valence-electron chi connectivity index (χ0n) is 15.4. The van der Waals surface area contributed by atoms with Crippen LogP contribution in [0, 0.1) is 6.92 Å². The Balaban J connectivity index is 1.70. The molecule has 0 unspecified atom stereocenters. The number of pyridine rings is 1. The molecular weight excluding hydrogens is 324 g/mol. The number of carbonyl (C=O) groups excluding carboxylic acids is 1. The molecule has 1 aromatic heterocycles. The van der Waals surface area contributed by atoms with Crippen LogP contribution in [0.4, 0.5) is 0 Å². The number of H-pyrrole nitrogens is 1. The van der Waals surface area contributed by atoms with E-state index in [4.69, 9.17) is 0 Å². The summed E-state index contributed by atoms with van der Waals surface area (Å²) in [7, 11) is 0. The molecule has 2 N–H and O–H groups in total. The lowest BCUT2D eigenvalue weighted by molar-refractivity contribution is -0.122. The van der Waals surface area contributed by atoms with E-state index < -0.39 is 0 Å². The van der Waals surface area contributed by atoms with E-state index in [0.717, 1.165) is 22.9 Å². The third-order valence-electron chi connectivity index (χ3n) is 4.43. The van der Waals surface area contributed by atoms with Crippen LogP contribution in [-0.4, -0.2) is 16.4 Å². The van der Waals surface area contributed by atoms with Gasteiger partial charge in [0.15, 0.2) is 0 Å². The lowest BCUT2D eigenvalue weighted by Crippen LogP contribution is -2.45. The molecule has 2 aromatic carbocycles. The van der Waals surface area contributed by atoms with Crippen molar-refractivity contribution in [1.82, 2.24) is 10.3 Å². The number of aromatic amines is 1. The minimum atomic E-state index is -0.322. The molecule has 0 bridgehead atoms. The van der Waals surface area contributed by atoms with Gasteiger partial charge in [0, 0.05) is 16.6 Å². The van der Waals surface area contributed by atoms with Crippen LogP contribution in [0.5, 0.6) is 0 Å². The molecule has 0 fully saturated rings. The molecule has 4 nitrogen and oxygen atoms in total. The first-order valence-electron chi connectivity index (χ1n) is 8.80. The van der Waals surface area contributed by atoms with E-state index in [2.05, 4.69) is 22.4 Å². The monoisotopic (exact) mass is 348 g/mol. The van der Waals surface area contributed by atoms with Gasteiger partial charge in [-0.15, -0.1) is 0 Å². The molecule has 0 saturated carbocycles. The van der Waals surface area contributed by atoms with Gasteiger partial charge >= 0.3 is 0 Å². The Hall–Kier alpha value is -2.88. The highest BCUT2D eigenvalue weighted by atomic mass is 16.1. The molecule has 0 aliphatic rings. The van der Waals surface area contributed by atoms with E-state index >= 15 is 0 Å². The second-order valence-electron chi connectivity index (χ2n) is 7.47. The summed E-state index contributed by atoms with van der Waals surface area (Å²) >= 11 is 0. The molecule has 4 heteroatoms. The predicted octanol–water partition coefficient (Wildman–Crippen LogP) is 3.52. The Morgan fingerprint density at radius 3 is 2.50 bits per heavy atom. The SMILES string of the molecule is Cc1cc2cc(CC(=O)NC(C)(C)Cc3ccccc3)ccc2[nH]c1=O. The van der Waals surface area contributed by atoms with Crippen molar-refractivity contribution in [2.24, 2.45) is 0 Å². The van der Waals surface area contributed by atoms with Crippen molar-refractivity contribution < 1.29 is 4.79 Å².